The average Bonchev–Trinajstić information content (AvgIpc) is 2.62. The second-order valence-corrected chi connectivity index (χ2v) is 7.48. The first-order valence-corrected chi connectivity index (χ1v) is 9.31. The highest BCUT2D eigenvalue weighted by atomic mass is 35.5. The van der Waals surface area contributed by atoms with Gasteiger partial charge in [0, 0.05) is 11.6 Å². The van der Waals surface area contributed by atoms with Crippen molar-refractivity contribution >= 4 is 21.6 Å². The smallest absolute Gasteiger partial charge is 0.207 e. The lowest BCUT2D eigenvalue weighted by Gasteiger charge is -2.09. The Hall–Kier alpha value is -2.14. The van der Waals surface area contributed by atoms with Gasteiger partial charge in [-0.2, -0.15) is 0 Å². The van der Waals surface area contributed by atoms with Gasteiger partial charge < -0.3 is 0 Å². The highest BCUT2D eigenvalue weighted by Gasteiger charge is 2.14. The molecule has 0 radical (unpaired) electrons. The number of nitrogens with one attached hydrogen (secondary N) is 1. The van der Waals surface area contributed by atoms with Crippen LogP contribution in [0.3, 0.4) is 0 Å². The monoisotopic (exact) mass is 357 g/mol. The highest BCUT2D eigenvalue weighted by Crippen LogP contribution is 2.21. The van der Waals surface area contributed by atoms with Gasteiger partial charge in [-0.25, -0.2) is 13.1 Å². The molecule has 0 aromatic heterocycles. The zero-order valence-corrected chi connectivity index (χ0v) is 14.4. The van der Waals surface area contributed by atoms with Gasteiger partial charge in [-0.1, -0.05) is 72.3 Å². The van der Waals surface area contributed by atoms with Crippen molar-refractivity contribution in [2.75, 3.05) is 0 Å². The molecule has 24 heavy (non-hydrogen) atoms. The maximum Gasteiger partial charge on any atom is 0.240 e. The van der Waals surface area contributed by atoms with Crippen LogP contribution >= 0.6 is 11.6 Å². The molecule has 5 heteroatoms. The molecule has 0 heterocycles. The van der Waals surface area contributed by atoms with Crippen LogP contribution in [0.4, 0.5) is 0 Å². The maximum absolute atomic E-state index is 12.4. The number of hydrogen-bond donors (Lipinski definition) is 1. The van der Waals surface area contributed by atoms with Crippen LogP contribution in [0.1, 0.15) is 5.56 Å². The van der Waals surface area contributed by atoms with Crippen LogP contribution in [0.25, 0.3) is 11.1 Å². The molecule has 0 saturated heterocycles. The summed E-state index contributed by atoms with van der Waals surface area (Å²) in [6, 6.07) is 23.8. The van der Waals surface area contributed by atoms with Crippen molar-refractivity contribution in [1.82, 2.24) is 4.72 Å². The van der Waals surface area contributed by atoms with E-state index < -0.39 is 10.0 Å². The molecule has 0 amide bonds. The normalized spacial score (nSPS) is 11.4. The first kappa shape index (κ1) is 16.7. The minimum Gasteiger partial charge on any atom is -0.207 e. The van der Waals surface area contributed by atoms with E-state index in [-0.39, 0.29) is 11.4 Å². The third-order valence-corrected chi connectivity index (χ3v) is 5.47. The molecule has 0 bridgehead atoms. The Balaban J connectivity index is 1.76. The molecule has 3 rings (SSSR count). The van der Waals surface area contributed by atoms with Crippen LogP contribution < -0.4 is 4.72 Å². The molecular formula is C19H16ClNO2S. The fraction of sp³-hybridized carbons (Fsp3) is 0.0526. The van der Waals surface area contributed by atoms with Crippen LogP contribution in [0.15, 0.2) is 83.8 Å². The minimum atomic E-state index is -3.58. The molecule has 3 aromatic carbocycles. The highest BCUT2D eigenvalue weighted by molar-refractivity contribution is 7.89. The average molecular weight is 358 g/mol. The van der Waals surface area contributed by atoms with E-state index >= 15 is 0 Å². The Labute approximate surface area is 147 Å². The summed E-state index contributed by atoms with van der Waals surface area (Å²) in [4.78, 5) is 0.231. The van der Waals surface area contributed by atoms with Crippen molar-refractivity contribution in [3.05, 3.63) is 89.4 Å². The van der Waals surface area contributed by atoms with Gasteiger partial charge in [0.15, 0.2) is 0 Å². The Morgan fingerprint density at radius 1 is 0.750 bits per heavy atom. The van der Waals surface area contributed by atoms with Crippen LogP contribution in [-0.2, 0) is 16.6 Å². The van der Waals surface area contributed by atoms with Gasteiger partial charge in [-0.05, 0) is 34.9 Å². The fourth-order valence-electron chi connectivity index (χ4n) is 2.35. The summed E-state index contributed by atoms with van der Waals surface area (Å²) in [5, 5.41) is 0.541. The van der Waals surface area contributed by atoms with E-state index in [1.807, 2.05) is 42.5 Å². The second kappa shape index (κ2) is 7.18. The van der Waals surface area contributed by atoms with E-state index in [1.165, 1.54) is 0 Å². The first-order valence-electron chi connectivity index (χ1n) is 7.45. The Bertz CT molecular complexity index is 923. The molecule has 0 unspecified atom stereocenters. The van der Waals surface area contributed by atoms with E-state index in [2.05, 4.69) is 4.72 Å². The van der Waals surface area contributed by atoms with Crippen molar-refractivity contribution in [1.29, 1.82) is 0 Å². The molecule has 3 aromatic rings. The van der Waals surface area contributed by atoms with Crippen molar-refractivity contribution < 1.29 is 8.42 Å². The predicted molar refractivity (Wildman–Crippen MR) is 97.4 cm³/mol. The van der Waals surface area contributed by atoms with Gasteiger partial charge in [0.1, 0.15) is 0 Å². The predicted octanol–water partition coefficient (Wildman–Crippen LogP) is 4.49. The van der Waals surface area contributed by atoms with Crippen molar-refractivity contribution in [3.63, 3.8) is 0 Å². The van der Waals surface area contributed by atoms with Gasteiger partial charge in [0.25, 0.3) is 0 Å². The van der Waals surface area contributed by atoms with Crippen molar-refractivity contribution in [2.24, 2.45) is 0 Å². The Morgan fingerprint density at radius 3 is 2.00 bits per heavy atom. The summed E-state index contributed by atoms with van der Waals surface area (Å²) in [6.07, 6.45) is 0. The summed E-state index contributed by atoms with van der Waals surface area (Å²) in [6.45, 7) is 0.155. The fourth-order valence-corrected chi connectivity index (χ4v) is 3.56. The van der Waals surface area contributed by atoms with E-state index in [0.29, 0.717) is 5.02 Å². The summed E-state index contributed by atoms with van der Waals surface area (Å²) in [5.41, 5.74) is 2.76. The van der Waals surface area contributed by atoms with Crippen LogP contribution in [-0.4, -0.2) is 8.42 Å². The van der Waals surface area contributed by atoms with Crippen LogP contribution in [0.2, 0.25) is 5.02 Å². The Morgan fingerprint density at radius 2 is 1.33 bits per heavy atom. The number of halogens is 1. The second-order valence-electron chi connectivity index (χ2n) is 5.31. The molecule has 1 N–H and O–H groups in total. The lowest BCUT2D eigenvalue weighted by molar-refractivity contribution is 0.581. The Kier molecular flexibility index (Phi) is 5.00. The lowest BCUT2D eigenvalue weighted by Crippen LogP contribution is -2.23. The standard InChI is InChI=1S/C19H16ClNO2S/c20-19-9-5-4-8-17(19)14-21-24(22,23)18-12-10-16(11-13-18)15-6-2-1-3-7-15/h1-13,21H,14H2. The zero-order chi connectivity index (χ0) is 17.0. The molecule has 0 spiro atoms. The van der Waals surface area contributed by atoms with Crippen molar-refractivity contribution in [2.45, 2.75) is 11.4 Å². The molecule has 0 fully saturated rings. The van der Waals surface area contributed by atoms with E-state index in [1.54, 1.807) is 36.4 Å². The van der Waals surface area contributed by atoms with Crippen LogP contribution in [0, 0.1) is 0 Å². The summed E-state index contributed by atoms with van der Waals surface area (Å²) >= 11 is 6.05. The third kappa shape index (κ3) is 3.85. The molecule has 0 aliphatic carbocycles. The zero-order valence-electron chi connectivity index (χ0n) is 12.8. The van der Waals surface area contributed by atoms with Gasteiger partial charge in [0.2, 0.25) is 10.0 Å². The van der Waals surface area contributed by atoms with Crippen LogP contribution in [0.5, 0.6) is 0 Å². The number of hydrogen-bond acceptors (Lipinski definition) is 2. The van der Waals surface area contributed by atoms with Gasteiger partial charge >= 0.3 is 0 Å². The third-order valence-electron chi connectivity index (χ3n) is 3.68. The summed E-state index contributed by atoms with van der Waals surface area (Å²) in [7, 11) is -3.58. The number of sulfonamides is 1. The first-order chi connectivity index (χ1) is 11.6. The van der Waals surface area contributed by atoms with Gasteiger partial charge in [0.05, 0.1) is 4.90 Å². The SMILES string of the molecule is O=S(=O)(NCc1ccccc1Cl)c1ccc(-c2ccccc2)cc1. The van der Waals surface area contributed by atoms with Crippen molar-refractivity contribution in [3.8, 4) is 11.1 Å². The maximum atomic E-state index is 12.4. The van der Waals surface area contributed by atoms with Gasteiger partial charge in [-0.3, -0.25) is 0 Å². The minimum absolute atomic E-state index is 0.155. The number of benzene rings is 3. The molecule has 0 aliphatic heterocycles. The summed E-state index contributed by atoms with van der Waals surface area (Å²) < 4.78 is 27.4. The van der Waals surface area contributed by atoms with Gasteiger partial charge in [-0.15, -0.1) is 0 Å². The summed E-state index contributed by atoms with van der Waals surface area (Å²) in [5.74, 6) is 0. The molecule has 0 saturated carbocycles. The van der Waals surface area contributed by atoms with E-state index in [9.17, 15) is 8.42 Å². The van der Waals surface area contributed by atoms with E-state index in [0.717, 1.165) is 16.7 Å². The molecule has 0 atom stereocenters. The molecular weight excluding hydrogens is 342 g/mol. The lowest BCUT2D eigenvalue weighted by atomic mass is 10.1. The number of rotatable bonds is 5. The van der Waals surface area contributed by atoms with E-state index in [4.69, 9.17) is 11.6 Å². The largest absolute Gasteiger partial charge is 0.240 e. The molecule has 0 aliphatic rings. The molecule has 122 valence electrons. The quantitative estimate of drug-likeness (QED) is 0.731. The molecule has 3 nitrogen and oxygen atoms in total. The topological polar surface area (TPSA) is 46.2 Å².